The number of likely N-dealkylation sites (N-methyl/N-ethyl adjacent to an activating group) is 1. The fraction of sp³-hybridized carbons (Fsp3) is 0.250. The third-order valence-electron chi connectivity index (χ3n) is 6.44. The number of H-pyrrole nitrogens is 1. The van der Waals surface area contributed by atoms with Crippen molar-refractivity contribution in [1.82, 2.24) is 25.0 Å². The molecule has 1 amide bonds. The number of fused-ring (bicyclic) bond motifs is 1. The van der Waals surface area contributed by atoms with Gasteiger partial charge in [-0.15, -0.1) is 0 Å². The summed E-state index contributed by atoms with van der Waals surface area (Å²) < 4.78 is 0. The molecule has 2 aromatic carbocycles. The van der Waals surface area contributed by atoms with Gasteiger partial charge in [0.1, 0.15) is 5.69 Å². The molecule has 0 aliphatic carbocycles. The van der Waals surface area contributed by atoms with Crippen molar-refractivity contribution in [2.75, 3.05) is 38.5 Å². The van der Waals surface area contributed by atoms with E-state index >= 15 is 0 Å². The topological polar surface area (TPSA) is 77.1 Å². The van der Waals surface area contributed by atoms with Crippen LogP contribution in [0.4, 0.5) is 5.69 Å². The summed E-state index contributed by atoms with van der Waals surface area (Å²) in [7, 11) is 2.16. The number of hydrogen-bond donors (Lipinski definition) is 2. The number of rotatable bonds is 4. The zero-order valence-electron chi connectivity index (χ0n) is 20.3. The Morgan fingerprint density at radius 1 is 1.08 bits per heavy atom. The highest BCUT2D eigenvalue weighted by Crippen LogP contribution is 2.21. The lowest BCUT2D eigenvalue weighted by atomic mass is 10.1. The molecule has 0 radical (unpaired) electrons. The molecular formula is C28H27ClN6O. The Hall–Kier alpha value is -3.70. The number of halogens is 1. The number of aryl methyl sites for hydroxylation is 1. The van der Waals surface area contributed by atoms with E-state index in [0.717, 1.165) is 54.9 Å². The Kier molecular flexibility index (Phi) is 7.01. The van der Waals surface area contributed by atoms with Gasteiger partial charge in [-0.1, -0.05) is 23.6 Å². The normalized spacial score (nSPS) is 14.4. The highest BCUT2D eigenvalue weighted by molar-refractivity contribution is 6.31. The van der Waals surface area contributed by atoms with Gasteiger partial charge in [-0.3, -0.25) is 19.8 Å². The van der Waals surface area contributed by atoms with Gasteiger partial charge < -0.3 is 10.2 Å². The van der Waals surface area contributed by atoms with Crippen molar-refractivity contribution in [3.8, 4) is 11.8 Å². The second-order valence-electron chi connectivity index (χ2n) is 9.15. The third-order valence-corrected chi connectivity index (χ3v) is 6.67. The van der Waals surface area contributed by atoms with Crippen molar-refractivity contribution in [3.63, 3.8) is 0 Å². The first-order valence-electron chi connectivity index (χ1n) is 11.9. The van der Waals surface area contributed by atoms with Crippen LogP contribution in [0.3, 0.4) is 0 Å². The molecular weight excluding hydrogens is 472 g/mol. The summed E-state index contributed by atoms with van der Waals surface area (Å²) in [6.45, 7) is 7.35. The molecule has 0 atom stereocenters. The van der Waals surface area contributed by atoms with Gasteiger partial charge in [0, 0.05) is 66.8 Å². The Labute approximate surface area is 215 Å². The minimum atomic E-state index is -0.226. The fourth-order valence-electron chi connectivity index (χ4n) is 4.25. The third kappa shape index (κ3) is 5.58. The van der Waals surface area contributed by atoms with Crippen LogP contribution in [0.5, 0.6) is 0 Å². The van der Waals surface area contributed by atoms with Gasteiger partial charge in [-0.2, -0.15) is 5.10 Å². The van der Waals surface area contributed by atoms with Crippen LogP contribution in [-0.4, -0.2) is 64.1 Å². The van der Waals surface area contributed by atoms with E-state index in [-0.39, 0.29) is 5.91 Å². The minimum absolute atomic E-state index is 0.226. The first-order valence-corrected chi connectivity index (χ1v) is 12.2. The average molecular weight is 499 g/mol. The summed E-state index contributed by atoms with van der Waals surface area (Å²) in [4.78, 5) is 21.9. The van der Waals surface area contributed by atoms with Crippen LogP contribution in [0, 0.1) is 18.8 Å². The predicted octanol–water partition coefficient (Wildman–Crippen LogP) is 4.32. The van der Waals surface area contributed by atoms with Crippen LogP contribution < -0.4 is 5.32 Å². The molecule has 1 aliphatic heterocycles. The maximum Gasteiger partial charge on any atom is 0.257 e. The van der Waals surface area contributed by atoms with Gasteiger partial charge in [0.2, 0.25) is 0 Å². The summed E-state index contributed by atoms with van der Waals surface area (Å²) in [5.74, 6) is 5.91. The van der Waals surface area contributed by atoms with Crippen molar-refractivity contribution >= 4 is 34.1 Å². The lowest BCUT2D eigenvalue weighted by Gasteiger charge is -2.32. The van der Waals surface area contributed by atoms with E-state index < -0.39 is 0 Å². The van der Waals surface area contributed by atoms with E-state index in [1.807, 2.05) is 24.3 Å². The molecule has 5 rings (SSSR count). The second-order valence-corrected chi connectivity index (χ2v) is 9.58. The Bertz CT molecular complexity index is 1480. The summed E-state index contributed by atoms with van der Waals surface area (Å²) in [6.07, 6.45) is 3.17. The van der Waals surface area contributed by atoms with E-state index in [1.54, 1.807) is 24.5 Å². The number of carbonyl (C=O) groups is 1. The molecule has 3 heterocycles. The number of nitrogens with one attached hydrogen (secondary N) is 2. The zero-order chi connectivity index (χ0) is 25.1. The Balaban J connectivity index is 1.26. The summed E-state index contributed by atoms with van der Waals surface area (Å²) in [5.41, 5.74) is 5.73. The fourth-order valence-corrected chi connectivity index (χ4v) is 4.42. The van der Waals surface area contributed by atoms with Crippen molar-refractivity contribution in [1.29, 1.82) is 0 Å². The van der Waals surface area contributed by atoms with Crippen LogP contribution in [0.25, 0.3) is 10.9 Å². The standard InChI is InChI=1S/C28H27ClN6O/c1-19-13-24(6-4-21(19)18-35-11-9-34(2)10-12-35)31-28(36)22-14-20(16-30-17-22)3-7-26-25-15-23(29)5-8-27(25)33-32-26/h4-6,8,13-17H,9-12,18H2,1-2H3,(H,31,36)(H,32,33). The number of pyridine rings is 1. The van der Waals surface area contributed by atoms with Crippen LogP contribution in [0.15, 0.2) is 54.9 Å². The van der Waals surface area contributed by atoms with E-state index in [2.05, 4.69) is 62.2 Å². The number of nitrogens with zero attached hydrogens (tertiary/aromatic N) is 4. The molecule has 182 valence electrons. The van der Waals surface area contributed by atoms with Crippen LogP contribution >= 0.6 is 11.6 Å². The molecule has 2 aromatic heterocycles. The average Bonchev–Trinajstić information content (AvgIpc) is 3.28. The monoisotopic (exact) mass is 498 g/mol. The van der Waals surface area contributed by atoms with E-state index in [0.29, 0.717) is 21.8 Å². The van der Waals surface area contributed by atoms with Gasteiger partial charge in [0.15, 0.2) is 0 Å². The van der Waals surface area contributed by atoms with Gasteiger partial charge in [0.05, 0.1) is 11.1 Å². The molecule has 8 heteroatoms. The molecule has 4 aromatic rings. The first-order chi connectivity index (χ1) is 17.4. The lowest BCUT2D eigenvalue weighted by molar-refractivity contribution is 0.102. The second kappa shape index (κ2) is 10.5. The summed E-state index contributed by atoms with van der Waals surface area (Å²) >= 11 is 6.11. The molecule has 0 saturated carbocycles. The lowest BCUT2D eigenvalue weighted by Crippen LogP contribution is -2.43. The molecule has 7 nitrogen and oxygen atoms in total. The quantitative estimate of drug-likeness (QED) is 0.410. The van der Waals surface area contributed by atoms with E-state index in [4.69, 9.17) is 11.6 Å². The number of benzene rings is 2. The van der Waals surface area contributed by atoms with Gasteiger partial charge >= 0.3 is 0 Å². The van der Waals surface area contributed by atoms with E-state index in [1.165, 1.54) is 5.56 Å². The number of piperazine rings is 1. The maximum atomic E-state index is 12.9. The van der Waals surface area contributed by atoms with Crippen molar-refractivity contribution in [2.45, 2.75) is 13.5 Å². The minimum Gasteiger partial charge on any atom is -0.322 e. The molecule has 2 N–H and O–H groups in total. The molecule has 0 spiro atoms. The van der Waals surface area contributed by atoms with Crippen molar-refractivity contribution < 1.29 is 4.79 Å². The predicted molar refractivity (Wildman–Crippen MR) is 143 cm³/mol. The maximum absolute atomic E-state index is 12.9. The summed E-state index contributed by atoms with van der Waals surface area (Å²) in [5, 5.41) is 11.6. The smallest absolute Gasteiger partial charge is 0.257 e. The largest absolute Gasteiger partial charge is 0.322 e. The van der Waals surface area contributed by atoms with Crippen molar-refractivity contribution in [2.24, 2.45) is 0 Å². The molecule has 36 heavy (non-hydrogen) atoms. The highest BCUT2D eigenvalue weighted by Gasteiger charge is 2.15. The number of hydrogen-bond acceptors (Lipinski definition) is 5. The Morgan fingerprint density at radius 3 is 2.72 bits per heavy atom. The number of aromatic nitrogens is 3. The first kappa shape index (κ1) is 24.0. The highest BCUT2D eigenvalue weighted by atomic mass is 35.5. The molecule has 1 fully saturated rings. The van der Waals surface area contributed by atoms with E-state index in [9.17, 15) is 4.79 Å². The number of aromatic amines is 1. The van der Waals surface area contributed by atoms with Crippen LogP contribution in [-0.2, 0) is 6.54 Å². The van der Waals surface area contributed by atoms with Crippen molar-refractivity contribution in [3.05, 3.63) is 87.8 Å². The number of carbonyl (C=O) groups excluding carboxylic acids is 1. The van der Waals surface area contributed by atoms with Crippen LogP contribution in [0.1, 0.15) is 32.7 Å². The van der Waals surface area contributed by atoms with Gasteiger partial charge in [-0.25, -0.2) is 0 Å². The number of anilines is 1. The Morgan fingerprint density at radius 2 is 1.92 bits per heavy atom. The molecule has 1 saturated heterocycles. The summed E-state index contributed by atoms with van der Waals surface area (Å²) in [6, 6.07) is 13.3. The number of amides is 1. The van der Waals surface area contributed by atoms with Gasteiger partial charge in [0.25, 0.3) is 5.91 Å². The zero-order valence-corrected chi connectivity index (χ0v) is 21.1. The SMILES string of the molecule is Cc1cc(NC(=O)c2cncc(C#Cc3[nH]nc4ccc(Cl)cc34)c2)ccc1CN1CCN(C)CC1. The van der Waals surface area contributed by atoms with Gasteiger partial charge in [-0.05, 0) is 67.4 Å². The van der Waals surface area contributed by atoms with Crippen LogP contribution in [0.2, 0.25) is 5.02 Å². The molecule has 0 bridgehead atoms. The molecule has 1 aliphatic rings. The molecule has 0 unspecified atom stereocenters.